The highest BCUT2D eigenvalue weighted by Crippen LogP contribution is 2.20. The van der Waals surface area contributed by atoms with E-state index in [-0.39, 0.29) is 18.4 Å². The molecule has 0 aliphatic rings. The molecule has 1 N–H and O–H groups in total. The highest BCUT2D eigenvalue weighted by molar-refractivity contribution is 9.10. The van der Waals surface area contributed by atoms with Crippen LogP contribution in [0.15, 0.2) is 46.9 Å². The average molecular weight is 355 g/mol. The lowest BCUT2D eigenvalue weighted by Crippen LogP contribution is -2.20. The minimum atomic E-state index is -1.03. The molecular weight excluding hydrogens is 342 g/mol. The van der Waals surface area contributed by atoms with Crippen molar-refractivity contribution in [3.05, 3.63) is 69.7 Å². The Morgan fingerprint density at radius 1 is 1.14 bits per heavy atom. The number of hydrogen-bond donors (Lipinski definition) is 1. The maximum atomic E-state index is 13.6. The molecule has 110 valence electrons. The topological polar surface area (TPSA) is 37.3 Å². The van der Waals surface area contributed by atoms with E-state index in [1.165, 1.54) is 0 Å². The fourth-order valence-corrected chi connectivity index (χ4v) is 2.61. The van der Waals surface area contributed by atoms with E-state index < -0.39 is 23.5 Å². The smallest absolute Gasteiger partial charge is 0.307 e. The van der Waals surface area contributed by atoms with Crippen LogP contribution in [0.2, 0.25) is 0 Å². The predicted molar refractivity (Wildman–Crippen MR) is 79.0 cm³/mol. The number of benzene rings is 2. The summed E-state index contributed by atoms with van der Waals surface area (Å²) < 4.78 is 27.6. The summed E-state index contributed by atoms with van der Waals surface area (Å²) in [7, 11) is 0. The zero-order chi connectivity index (χ0) is 15.4. The second-order valence-electron chi connectivity index (χ2n) is 4.81. The molecule has 0 radical (unpaired) electrons. The molecule has 2 aromatic carbocycles. The van der Waals surface area contributed by atoms with Gasteiger partial charge in [0.05, 0.1) is 5.92 Å². The van der Waals surface area contributed by atoms with E-state index >= 15 is 0 Å². The van der Waals surface area contributed by atoms with Crippen LogP contribution in [0.25, 0.3) is 0 Å². The first-order valence-corrected chi connectivity index (χ1v) is 7.16. The number of carbonyl (C=O) groups is 1. The first kappa shape index (κ1) is 15.6. The Morgan fingerprint density at radius 3 is 2.57 bits per heavy atom. The standard InChI is InChI=1S/C16H13BrF2O2/c17-13-3-1-2-10(7-13)6-12(16(20)21)8-11-9-14(18)4-5-15(11)19/h1-5,7,9,12H,6,8H2,(H,20,21). The van der Waals surface area contributed by atoms with E-state index in [9.17, 15) is 18.7 Å². The lowest BCUT2D eigenvalue weighted by atomic mass is 9.92. The molecule has 1 atom stereocenters. The fourth-order valence-electron chi connectivity index (χ4n) is 2.16. The summed E-state index contributed by atoms with van der Waals surface area (Å²) >= 11 is 3.32. The van der Waals surface area contributed by atoms with Gasteiger partial charge in [0.1, 0.15) is 11.6 Å². The van der Waals surface area contributed by atoms with E-state index in [4.69, 9.17) is 0 Å². The third kappa shape index (κ3) is 4.36. The average Bonchev–Trinajstić information content (AvgIpc) is 2.42. The molecule has 2 rings (SSSR count). The van der Waals surface area contributed by atoms with Gasteiger partial charge in [-0.1, -0.05) is 28.1 Å². The minimum Gasteiger partial charge on any atom is -0.481 e. The van der Waals surface area contributed by atoms with Gasteiger partial charge in [-0.25, -0.2) is 8.78 Å². The van der Waals surface area contributed by atoms with Gasteiger partial charge in [0, 0.05) is 4.47 Å². The van der Waals surface area contributed by atoms with Gasteiger partial charge in [0.25, 0.3) is 0 Å². The van der Waals surface area contributed by atoms with Gasteiger partial charge in [-0.05, 0) is 54.3 Å². The Labute approximate surface area is 129 Å². The molecular formula is C16H13BrF2O2. The molecule has 21 heavy (non-hydrogen) atoms. The molecule has 0 spiro atoms. The van der Waals surface area contributed by atoms with Crippen molar-refractivity contribution in [2.75, 3.05) is 0 Å². The van der Waals surface area contributed by atoms with Gasteiger partial charge >= 0.3 is 5.97 Å². The zero-order valence-electron chi connectivity index (χ0n) is 11.0. The fraction of sp³-hybridized carbons (Fsp3) is 0.188. The number of carboxylic acids is 1. The molecule has 0 aliphatic heterocycles. The molecule has 1 unspecified atom stereocenters. The quantitative estimate of drug-likeness (QED) is 0.872. The summed E-state index contributed by atoms with van der Waals surface area (Å²) in [5, 5.41) is 9.30. The number of hydrogen-bond acceptors (Lipinski definition) is 1. The summed E-state index contributed by atoms with van der Waals surface area (Å²) in [5.74, 6) is -3.00. The SMILES string of the molecule is O=C(O)C(Cc1cccc(Br)c1)Cc1cc(F)ccc1F. The van der Waals surface area contributed by atoms with Crippen molar-refractivity contribution in [3.63, 3.8) is 0 Å². The normalized spacial score (nSPS) is 12.1. The van der Waals surface area contributed by atoms with Gasteiger partial charge in [0.2, 0.25) is 0 Å². The molecule has 0 aromatic heterocycles. The van der Waals surface area contributed by atoms with Crippen molar-refractivity contribution < 1.29 is 18.7 Å². The highest BCUT2D eigenvalue weighted by atomic mass is 79.9. The summed E-state index contributed by atoms with van der Waals surface area (Å²) in [6.45, 7) is 0. The van der Waals surface area contributed by atoms with E-state index in [1.807, 2.05) is 18.2 Å². The number of rotatable bonds is 5. The first-order chi connectivity index (χ1) is 9.95. The van der Waals surface area contributed by atoms with Gasteiger partial charge in [-0.3, -0.25) is 4.79 Å². The lowest BCUT2D eigenvalue weighted by Gasteiger charge is -2.13. The van der Waals surface area contributed by atoms with E-state index in [0.29, 0.717) is 0 Å². The van der Waals surface area contributed by atoms with Crippen LogP contribution in [0.5, 0.6) is 0 Å². The van der Waals surface area contributed by atoms with Crippen LogP contribution in [-0.2, 0) is 17.6 Å². The van der Waals surface area contributed by atoms with Crippen LogP contribution in [0.3, 0.4) is 0 Å². The Balaban J connectivity index is 2.20. The van der Waals surface area contributed by atoms with Crippen molar-refractivity contribution in [2.24, 2.45) is 5.92 Å². The summed E-state index contributed by atoms with van der Waals surface area (Å²) in [5.41, 5.74) is 0.908. The van der Waals surface area contributed by atoms with Gasteiger partial charge < -0.3 is 5.11 Å². The van der Waals surface area contributed by atoms with Crippen LogP contribution in [-0.4, -0.2) is 11.1 Å². The Kier molecular flexibility index (Phi) is 5.07. The van der Waals surface area contributed by atoms with Crippen molar-refractivity contribution in [2.45, 2.75) is 12.8 Å². The van der Waals surface area contributed by atoms with Crippen molar-refractivity contribution >= 4 is 21.9 Å². The Hall–Kier alpha value is -1.75. The summed E-state index contributed by atoms with van der Waals surface area (Å²) in [6.07, 6.45) is 0.205. The molecule has 0 saturated carbocycles. The van der Waals surface area contributed by atoms with Crippen molar-refractivity contribution in [1.29, 1.82) is 0 Å². The largest absolute Gasteiger partial charge is 0.481 e. The highest BCUT2D eigenvalue weighted by Gasteiger charge is 2.20. The van der Waals surface area contributed by atoms with E-state index in [1.54, 1.807) is 6.07 Å². The molecule has 0 fully saturated rings. The minimum absolute atomic E-state index is 0.0502. The zero-order valence-corrected chi connectivity index (χ0v) is 12.6. The predicted octanol–water partition coefficient (Wildman–Crippen LogP) is 4.21. The number of halogens is 3. The number of carboxylic acid groups (broad SMARTS) is 1. The van der Waals surface area contributed by atoms with Crippen molar-refractivity contribution in [1.82, 2.24) is 0 Å². The van der Waals surface area contributed by atoms with Crippen LogP contribution >= 0.6 is 15.9 Å². The molecule has 0 aliphatic carbocycles. The van der Waals surface area contributed by atoms with Crippen LogP contribution in [0, 0.1) is 17.6 Å². The van der Waals surface area contributed by atoms with Crippen LogP contribution in [0.1, 0.15) is 11.1 Å². The molecule has 0 saturated heterocycles. The van der Waals surface area contributed by atoms with Crippen LogP contribution in [0.4, 0.5) is 8.78 Å². The van der Waals surface area contributed by atoms with Gasteiger partial charge in [-0.2, -0.15) is 0 Å². The number of aliphatic carboxylic acids is 1. The van der Waals surface area contributed by atoms with Gasteiger partial charge in [-0.15, -0.1) is 0 Å². The Morgan fingerprint density at radius 2 is 1.90 bits per heavy atom. The van der Waals surface area contributed by atoms with Crippen molar-refractivity contribution in [3.8, 4) is 0 Å². The maximum absolute atomic E-state index is 13.6. The summed E-state index contributed by atoms with van der Waals surface area (Å²) in [6, 6.07) is 10.4. The third-order valence-corrected chi connectivity index (χ3v) is 3.69. The third-order valence-electron chi connectivity index (χ3n) is 3.19. The Bertz CT molecular complexity index is 658. The van der Waals surface area contributed by atoms with E-state index in [2.05, 4.69) is 15.9 Å². The molecule has 2 aromatic rings. The monoisotopic (exact) mass is 354 g/mol. The second kappa shape index (κ2) is 6.80. The second-order valence-corrected chi connectivity index (χ2v) is 5.72. The molecule has 2 nitrogen and oxygen atoms in total. The maximum Gasteiger partial charge on any atom is 0.307 e. The van der Waals surface area contributed by atoms with Gasteiger partial charge in [0.15, 0.2) is 0 Å². The molecule has 0 amide bonds. The lowest BCUT2D eigenvalue weighted by molar-refractivity contribution is -0.141. The summed E-state index contributed by atoms with van der Waals surface area (Å²) in [4.78, 5) is 11.4. The molecule has 0 bridgehead atoms. The van der Waals surface area contributed by atoms with E-state index in [0.717, 1.165) is 28.2 Å². The first-order valence-electron chi connectivity index (χ1n) is 6.37. The molecule has 0 heterocycles. The molecule has 5 heteroatoms. The van der Waals surface area contributed by atoms with Crippen LogP contribution < -0.4 is 0 Å².